The Morgan fingerprint density at radius 3 is 2.47 bits per heavy atom. The topological polar surface area (TPSA) is 23.6 Å². The number of urea groups is 1. The molecule has 1 aromatic carbocycles. The molecule has 0 aromatic heterocycles. The average Bonchev–Trinajstić information content (AvgIpc) is 2.30. The van der Waals surface area contributed by atoms with E-state index in [-0.39, 0.29) is 6.03 Å². The second kappa shape index (κ2) is 6.83. The molecule has 0 aliphatic rings. The maximum absolute atomic E-state index is 12.0. The second-order valence-corrected chi connectivity index (χ2v) is 5.19. The van der Waals surface area contributed by atoms with E-state index in [9.17, 15) is 4.79 Å². The van der Waals surface area contributed by atoms with Crippen LogP contribution < -0.4 is 0 Å². The van der Waals surface area contributed by atoms with Crippen LogP contribution in [0.15, 0.2) is 24.3 Å². The van der Waals surface area contributed by atoms with Gasteiger partial charge in [0.1, 0.15) is 0 Å². The third kappa shape index (κ3) is 4.18. The lowest BCUT2D eigenvalue weighted by Crippen LogP contribution is -2.40. The molecule has 0 heterocycles. The van der Waals surface area contributed by atoms with Crippen molar-refractivity contribution in [2.45, 2.75) is 20.4 Å². The first kappa shape index (κ1) is 14.3. The van der Waals surface area contributed by atoms with E-state index in [0.717, 1.165) is 13.1 Å². The van der Waals surface area contributed by atoms with Crippen LogP contribution in [0, 0.1) is 3.57 Å². The molecular formula is C13H19IN2O. The smallest absolute Gasteiger partial charge is 0.320 e. The molecule has 0 aliphatic carbocycles. The van der Waals surface area contributed by atoms with Crippen LogP contribution in [0.25, 0.3) is 0 Å². The van der Waals surface area contributed by atoms with Gasteiger partial charge in [-0.05, 0) is 54.1 Å². The molecule has 1 rings (SSSR count). The van der Waals surface area contributed by atoms with Crippen molar-refractivity contribution in [3.63, 3.8) is 0 Å². The fourth-order valence-corrected chi connectivity index (χ4v) is 2.32. The van der Waals surface area contributed by atoms with E-state index >= 15 is 0 Å². The van der Waals surface area contributed by atoms with Crippen LogP contribution in [0.4, 0.5) is 4.79 Å². The molecule has 0 N–H and O–H groups in total. The Bertz CT molecular complexity index is 377. The van der Waals surface area contributed by atoms with Crippen LogP contribution in [0.5, 0.6) is 0 Å². The Morgan fingerprint density at radius 1 is 1.29 bits per heavy atom. The summed E-state index contributed by atoms with van der Waals surface area (Å²) in [6.07, 6.45) is 0. The van der Waals surface area contributed by atoms with Crippen LogP contribution >= 0.6 is 22.6 Å². The fraction of sp³-hybridized carbons (Fsp3) is 0.462. The summed E-state index contributed by atoms with van der Waals surface area (Å²) in [5.41, 5.74) is 1.17. The van der Waals surface area contributed by atoms with Gasteiger partial charge in [-0.2, -0.15) is 0 Å². The Hall–Kier alpha value is -0.780. The van der Waals surface area contributed by atoms with Gasteiger partial charge >= 0.3 is 6.03 Å². The first-order valence-corrected chi connectivity index (χ1v) is 6.90. The molecule has 0 radical (unpaired) electrons. The monoisotopic (exact) mass is 346 g/mol. The largest absolute Gasteiger partial charge is 0.325 e. The number of halogens is 1. The molecule has 0 fully saturated rings. The summed E-state index contributed by atoms with van der Waals surface area (Å²) >= 11 is 2.28. The van der Waals surface area contributed by atoms with Crippen molar-refractivity contribution in [3.8, 4) is 0 Å². The molecule has 0 atom stereocenters. The van der Waals surface area contributed by atoms with Crippen LogP contribution in [0.1, 0.15) is 19.4 Å². The van der Waals surface area contributed by atoms with E-state index in [0.29, 0.717) is 6.54 Å². The van der Waals surface area contributed by atoms with E-state index < -0.39 is 0 Å². The third-order valence-corrected chi connectivity index (χ3v) is 3.34. The zero-order valence-electron chi connectivity index (χ0n) is 10.6. The standard InChI is InChI=1S/C13H19IN2O/c1-4-16(5-2)13(17)15(3)10-11-7-6-8-12(14)9-11/h6-9H,4-5,10H2,1-3H3. The number of carbonyl (C=O) groups excluding carboxylic acids is 1. The van der Waals surface area contributed by atoms with E-state index in [2.05, 4.69) is 34.7 Å². The molecular weight excluding hydrogens is 327 g/mol. The Labute approximate surface area is 117 Å². The highest BCUT2D eigenvalue weighted by Crippen LogP contribution is 2.10. The third-order valence-electron chi connectivity index (χ3n) is 2.67. The number of amides is 2. The summed E-state index contributed by atoms with van der Waals surface area (Å²) in [6.45, 7) is 6.17. The van der Waals surface area contributed by atoms with Gasteiger partial charge in [-0.1, -0.05) is 12.1 Å². The Morgan fingerprint density at radius 2 is 1.94 bits per heavy atom. The molecule has 0 saturated heterocycles. The number of benzene rings is 1. The van der Waals surface area contributed by atoms with Crippen LogP contribution in [0.2, 0.25) is 0 Å². The zero-order chi connectivity index (χ0) is 12.8. The van der Waals surface area contributed by atoms with Crippen LogP contribution in [-0.2, 0) is 6.54 Å². The number of hydrogen-bond acceptors (Lipinski definition) is 1. The van der Waals surface area contributed by atoms with Gasteiger partial charge in [-0.25, -0.2) is 4.79 Å². The van der Waals surface area contributed by atoms with Crippen molar-refractivity contribution >= 4 is 28.6 Å². The first-order chi connectivity index (χ1) is 8.08. The van der Waals surface area contributed by atoms with Gasteiger partial charge in [-0.3, -0.25) is 0 Å². The zero-order valence-corrected chi connectivity index (χ0v) is 12.8. The van der Waals surface area contributed by atoms with Gasteiger partial charge < -0.3 is 9.80 Å². The fourth-order valence-electron chi connectivity index (χ4n) is 1.71. The first-order valence-electron chi connectivity index (χ1n) is 5.83. The summed E-state index contributed by atoms with van der Waals surface area (Å²) in [5.74, 6) is 0. The number of rotatable bonds is 4. The number of hydrogen-bond donors (Lipinski definition) is 0. The molecule has 94 valence electrons. The molecule has 2 amide bonds. The normalized spacial score (nSPS) is 10.1. The summed E-state index contributed by atoms with van der Waals surface area (Å²) < 4.78 is 1.20. The molecule has 17 heavy (non-hydrogen) atoms. The second-order valence-electron chi connectivity index (χ2n) is 3.94. The number of nitrogens with zero attached hydrogens (tertiary/aromatic N) is 2. The maximum Gasteiger partial charge on any atom is 0.320 e. The summed E-state index contributed by atoms with van der Waals surface area (Å²) in [7, 11) is 1.85. The van der Waals surface area contributed by atoms with Gasteiger partial charge in [-0.15, -0.1) is 0 Å². The SMILES string of the molecule is CCN(CC)C(=O)N(C)Cc1cccc(I)c1. The maximum atomic E-state index is 12.0. The average molecular weight is 346 g/mol. The van der Waals surface area contributed by atoms with Crippen molar-refractivity contribution in [1.82, 2.24) is 9.80 Å². The van der Waals surface area contributed by atoms with Crippen LogP contribution in [-0.4, -0.2) is 36.0 Å². The van der Waals surface area contributed by atoms with E-state index in [4.69, 9.17) is 0 Å². The van der Waals surface area contributed by atoms with Gasteiger partial charge in [0, 0.05) is 30.3 Å². The van der Waals surface area contributed by atoms with Crippen molar-refractivity contribution in [2.75, 3.05) is 20.1 Å². The summed E-state index contributed by atoms with van der Waals surface area (Å²) in [6, 6.07) is 8.32. The molecule has 0 aliphatic heterocycles. The van der Waals surface area contributed by atoms with E-state index in [1.54, 1.807) is 4.90 Å². The van der Waals surface area contributed by atoms with E-state index in [1.165, 1.54) is 9.13 Å². The minimum atomic E-state index is 0.0915. The van der Waals surface area contributed by atoms with Crippen LogP contribution in [0.3, 0.4) is 0 Å². The highest BCUT2D eigenvalue weighted by atomic mass is 127. The Balaban J connectivity index is 2.65. The van der Waals surface area contributed by atoms with Crippen molar-refractivity contribution in [2.24, 2.45) is 0 Å². The van der Waals surface area contributed by atoms with Gasteiger partial charge in [0.15, 0.2) is 0 Å². The minimum Gasteiger partial charge on any atom is -0.325 e. The van der Waals surface area contributed by atoms with E-state index in [1.807, 2.05) is 37.9 Å². The van der Waals surface area contributed by atoms with Crippen molar-refractivity contribution in [1.29, 1.82) is 0 Å². The predicted octanol–water partition coefficient (Wildman–Crippen LogP) is 3.18. The quantitative estimate of drug-likeness (QED) is 0.768. The lowest BCUT2D eigenvalue weighted by molar-refractivity contribution is 0.165. The summed E-state index contributed by atoms with van der Waals surface area (Å²) in [4.78, 5) is 15.6. The van der Waals surface area contributed by atoms with Gasteiger partial charge in [0.05, 0.1) is 0 Å². The molecule has 1 aromatic rings. The lowest BCUT2D eigenvalue weighted by Gasteiger charge is -2.26. The molecule has 4 heteroatoms. The number of carbonyl (C=O) groups is 1. The summed E-state index contributed by atoms with van der Waals surface area (Å²) in [5, 5.41) is 0. The molecule has 0 saturated carbocycles. The molecule has 0 bridgehead atoms. The lowest BCUT2D eigenvalue weighted by atomic mass is 10.2. The van der Waals surface area contributed by atoms with Gasteiger partial charge in [0.25, 0.3) is 0 Å². The molecule has 3 nitrogen and oxygen atoms in total. The predicted molar refractivity (Wildman–Crippen MR) is 78.9 cm³/mol. The highest BCUT2D eigenvalue weighted by Gasteiger charge is 2.14. The van der Waals surface area contributed by atoms with Gasteiger partial charge in [0.2, 0.25) is 0 Å². The van der Waals surface area contributed by atoms with Crippen molar-refractivity contribution < 1.29 is 4.79 Å². The van der Waals surface area contributed by atoms with Crippen molar-refractivity contribution in [3.05, 3.63) is 33.4 Å². The molecule has 0 spiro atoms. The molecule has 0 unspecified atom stereocenters. The Kier molecular flexibility index (Phi) is 5.74. The highest BCUT2D eigenvalue weighted by molar-refractivity contribution is 14.1. The minimum absolute atomic E-state index is 0.0915.